The Balaban J connectivity index is 2.26. The van der Waals surface area contributed by atoms with E-state index in [1.807, 2.05) is 4.90 Å². The van der Waals surface area contributed by atoms with E-state index in [0.29, 0.717) is 13.2 Å². The molecule has 1 aliphatic rings. The molecule has 0 aliphatic carbocycles. The van der Waals surface area contributed by atoms with E-state index in [0.717, 1.165) is 13.0 Å². The quantitative estimate of drug-likeness (QED) is 0.662. The maximum Gasteiger partial charge on any atom is 0.306 e. The van der Waals surface area contributed by atoms with Gasteiger partial charge in [0.2, 0.25) is 5.91 Å². The molecule has 0 radical (unpaired) electrons. The van der Waals surface area contributed by atoms with Gasteiger partial charge < -0.3 is 10.1 Å². The van der Waals surface area contributed by atoms with E-state index in [9.17, 15) is 14.4 Å². The number of hydrogen-bond donors (Lipinski definition) is 1. The van der Waals surface area contributed by atoms with E-state index in [1.165, 1.54) is 0 Å². The molecular weight excluding hydrogens is 236 g/mol. The summed E-state index contributed by atoms with van der Waals surface area (Å²) in [6, 6.07) is 0. The average Bonchev–Trinajstić information content (AvgIpc) is 2.51. The van der Waals surface area contributed by atoms with Crippen molar-refractivity contribution in [1.29, 1.82) is 0 Å². The van der Waals surface area contributed by atoms with Crippen LogP contribution >= 0.6 is 0 Å². The van der Waals surface area contributed by atoms with E-state index < -0.39 is 0 Å². The Kier molecular flexibility index (Phi) is 6.35. The topological polar surface area (TPSA) is 75.7 Å². The van der Waals surface area contributed by atoms with Crippen molar-refractivity contribution in [2.75, 3.05) is 32.8 Å². The first-order valence-electron chi connectivity index (χ1n) is 6.28. The SMILES string of the molecule is CCOC(=O)CCC(=O)CN1CCCNC(=O)C1. The molecule has 6 heteroatoms. The van der Waals surface area contributed by atoms with Gasteiger partial charge in [0, 0.05) is 19.5 Å². The number of nitrogens with zero attached hydrogens (tertiary/aromatic N) is 1. The van der Waals surface area contributed by atoms with E-state index in [2.05, 4.69) is 5.32 Å². The average molecular weight is 256 g/mol. The molecule has 0 spiro atoms. The summed E-state index contributed by atoms with van der Waals surface area (Å²) in [5, 5.41) is 2.75. The van der Waals surface area contributed by atoms with Gasteiger partial charge in [-0.1, -0.05) is 0 Å². The second-order valence-corrected chi connectivity index (χ2v) is 4.26. The Hall–Kier alpha value is -1.43. The van der Waals surface area contributed by atoms with Gasteiger partial charge in [-0.3, -0.25) is 19.3 Å². The van der Waals surface area contributed by atoms with Crippen molar-refractivity contribution in [3.05, 3.63) is 0 Å². The molecule has 1 saturated heterocycles. The Morgan fingerprint density at radius 3 is 2.89 bits per heavy atom. The highest BCUT2D eigenvalue weighted by molar-refractivity contribution is 5.85. The number of Topliss-reactive ketones (excluding diaryl/α,β-unsaturated/α-hetero) is 1. The van der Waals surface area contributed by atoms with Crippen LogP contribution in [0.25, 0.3) is 0 Å². The molecule has 18 heavy (non-hydrogen) atoms. The Labute approximate surface area is 107 Å². The zero-order valence-electron chi connectivity index (χ0n) is 10.7. The van der Waals surface area contributed by atoms with Crippen LogP contribution in [0.2, 0.25) is 0 Å². The first kappa shape index (κ1) is 14.6. The molecule has 0 saturated carbocycles. The second-order valence-electron chi connectivity index (χ2n) is 4.26. The molecule has 6 nitrogen and oxygen atoms in total. The number of amides is 1. The lowest BCUT2D eigenvalue weighted by Gasteiger charge is -2.17. The van der Waals surface area contributed by atoms with E-state index in [1.54, 1.807) is 6.92 Å². The summed E-state index contributed by atoms with van der Waals surface area (Å²) >= 11 is 0. The lowest BCUT2D eigenvalue weighted by molar-refractivity contribution is -0.144. The highest BCUT2D eigenvalue weighted by Crippen LogP contribution is 2.00. The summed E-state index contributed by atoms with van der Waals surface area (Å²) in [4.78, 5) is 35.9. The lowest BCUT2D eigenvalue weighted by Crippen LogP contribution is -2.36. The molecule has 1 N–H and O–H groups in total. The smallest absolute Gasteiger partial charge is 0.306 e. The van der Waals surface area contributed by atoms with Gasteiger partial charge in [-0.05, 0) is 13.3 Å². The molecule has 0 aromatic carbocycles. The van der Waals surface area contributed by atoms with E-state index >= 15 is 0 Å². The third-order valence-corrected chi connectivity index (χ3v) is 2.65. The lowest BCUT2D eigenvalue weighted by atomic mass is 10.2. The standard InChI is InChI=1S/C12H20N2O4/c1-2-18-12(17)5-4-10(15)8-14-7-3-6-13-11(16)9-14/h2-9H2,1H3,(H,13,16). The van der Waals surface area contributed by atoms with Crippen LogP contribution in [-0.2, 0) is 19.1 Å². The van der Waals surface area contributed by atoms with Gasteiger partial charge in [-0.25, -0.2) is 0 Å². The monoisotopic (exact) mass is 256 g/mol. The third-order valence-electron chi connectivity index (χ3n) is 2.65. The predicted molar refractivity (Wildman–Crippen MR) is 64.9 cm³/mol. The van der Waals surface area contributed by atoms with Gasteiger partial charge in [0.25, 0.3) is 0 Å². The van der Waals surface area contributed by atoms with Gasteiger partial charge in [-0.15, -0.1) is 0 Å². The van der Waals surface area contributed by atoms with Crippen molar-refractivity contribution in [3.63, 3.8) is 0 Å². The maximum absolute atomic E-state index is 11.7. The van der Waals surface area contributed by atoms with Gasteiger partial charge in [-0.2, -0.15) is 0 Å². The molecule has 1 heterocycles. The molecule has 0 aromatic heterocycles. The maximum atomic E-state index is 11.7. The first-order chi connectivity index (χ1) is 8.61. The summed E-state index contributed by atoms with van der Waals surface area (Å²) in [5.74, 6) is -0.428. The highest BCUT2D eigenvalue weighted by Gasteiger charge is 2.17. The van der Waals surface area contributed by atoms with Crippen LogP contribution in [0.15, 0.2) is 0 Å². The molecule has 1 aliphatic heterocycles. The number of esters is 1. The van der Waals surface area contributed by atoms with Crippen LogP contribution in [-0.4, -0.2) is 55.3 Å². The summed E-state index contributed by atoms with van der Waals surface area (Å²) in [7, 11) is 0. The summed E-state index contributed by atoms with van der Waals surface area (Å²) in [5.41, 5.74) is 0. The number of carbonyl (C=O) groups excluding carboxylic acids is 3. The summed E-state index contributed by atoms with van der Waals surface area (Å²) in [6.45, 7) is 3.93. The Bertz CT molecular complexity index is 317. The highest BCUT2D eigenvalue weighted by atomic mass is 16.5. The third kappa shape index (κ3) is 5.77. The minimum Gasteiger partial charge on any atom is -0.466 e. The molecule has 0 atom stereocenters. The van der Waals surface area contributed by atoms with Crippen LogP contribution in [0.3, 0.4) is 0 Å². The van der Waals surface area contributed by atoms with Crippen molar-refractivity contribution >= 4 is 17.7 Å². The van der Waals surface area contributed by atoms with E-state index in [4.69, 9.17) is 4.74 Å². The van der Waals surface area contributed by atoms with Crippen LogP contribution in [0.1, 0.15) is 26.2 Å². The largest absolute Gasteiger partial charge is 0.466 e. The molecule has 1 amide bonds. The van der Waals surface area contributed by atoms with Crippen molar-refractivity contribution in [1.82, 2.24) is 10.2 Å². The fourth-order valence-corrected chi connectivity index (χ4v) is 1.81. The van der Waals surface area contributed by atoms with Crippen LogP contribution in [0.5, 0.6) is 0 Å². The molecule has 1 fully saturated rings. The molecule has 0 aromatic rings. The molecule has 102 valence electrons. The van der Waals surface area contributed by atoms with Crippen molar-refractivity contribution in [3.8, 4) is 0 Å². The Morgan fingerprint density at radius 2 is 2.17 bits per heavy atom. The summed E-state index contributed by atoms with van der Waals surface area (Å²) in [6.07, 6.45) is 1.14. The van der Waals surface area contributed by atoms with Crippen LogP contribution < -0.4 is 5.32 Å². The molecular formula is C12H20N2O4. The second kappa shape index (κ2) is 7.81. The zero-order chi connectivity index (χ0) is 13.4. The number of ether oxygens (including phenoxy) is 1. The van der Waals surface area contributed by atoms with Gasteiger partial charge in [0.15, 0.2) is 0 Å². The minimum absolute atomic E-state index is 0.0299. The number of nitrogens with one attached hydrogen (secondary N) is 1. The fourth-order valence-electron chi connectivity index (χ4n) is 1.81. The number of rotatable bonds is 6. The summed E-state index contributed by atoms with van der Waals surface area (Å²) < 4.78 is 4.75. The van der Waals surface area contributed by atoms with Crippen LogP contribution in [0.4, 0.5) is 0 Å². The van der Waals surface area contributed by atoms with Crippen molar-refractivity contribution in [2.45, 2.75) is 26.2 Å². The number of ketones is 1. The zero-order valence-corrected chi connectivity index (χ0v) is 10.7. The van der Waals surface area contributed by atoms with Crippen LogP contribution in [0, 0.1) is 0 Å². The van der Waals surface area contributed by atoms with Gasteiger partial charge in [0.05, 0.1) is 26.1 Å². The fraction of sp³-hybridized carbons (Fsp3) is 0.750. The molecule has 0 unspecified atom stereocenters. The number of carbonyl (C=O) groups is 3. The van der Waals surface area contributed by atoms with Crippen molar-refractivity contribution < 1.29 is 19.1 Å². The number of hydrogen-bond acceptors (Lipinski definition) is 5. The van der Waals surface area contributed by atoms with Gasteiger partial charge in [0.1, 0.15) is 5.78 Å². The predicted octanol–water partition coefficient (Wildman–Crippen LogP) is -0.279. The van der Waals surface area contributed by atoms with Crippen molar-refractivity contribution in [2.24, 2.45) is 0 Å². The minimum atomic E-state index is -0.348. The first-order valence-corrected chi connectivity index (χ1v) is 6.28. The molecule has 0 bridgehead atoms. The normalized spacial score (nSPS) is 16.8. The van der Waals surface area contributed by atoms with Gasteiger partial charge >= 0.3 is 5.97 Å². The Morgan fingerprint density at radius 1 is 1.39 bits per heavy atom. The van der Waals surface area contributed by atoms with E-state index in [-0.39, 0.29) is 43.6 Å². The molecule has 1 rings (SSSR count).